The highest BCUT2D eigenvalue weighted by atomic mass is 19.4. The van der Waals surface area contributed by atoms with Crippen molar-refractivity contribution in [1.29, 1.82) is 0 Å². The van der Waals surface area contributed by atoms with Gasteiger partial charge in [-0.3, -0.25) is 18.6 Å². The summed E-state index contributed by atoms with van der Waals surface area (Å²) in [4.78, 5) is 47.7. The van der Waals surface area contributed by atoms with E-state index in [1.807, 2.05) is 6.92 Å². The van der Waals surface area contributed by atoms with Gasteiger partial charge in [-0.15, -0.1) is 4.73 Å². The SMILES string of the molecule is CCCn1c(=O)c2c(nc(-c3cnn(Cc4cccc(C(F)(F)F)c4)c3)n2OC(C)=O)n(CC)c1=O. The summed E-state index contributed by atoms with van der Waals surface area (Å²) in [6.07, 6.45) is -1.06. The monoisotopic (exact) mass is 504 g/mol. The third kappa shape index (κ3) is 4.55. The minimum Gasteiger partial charge on any atom is -0.334 e. The van der Waals surface area contributed by atoms with Crippen LogP contribution in [0.2, 0.25) is 0 Å². The number of nitrogens with zero attached hydrogens (tertiary/aromatic N) is 6. The van der Waals surface area contributed by atoms with Gasteiger partial charge in [0.15, 0.2) is 17.0 Å². The third-order valence-corrected chi connectivity index (χ3v) is 5.46. The average Bonchev–Trinajstić information content (AvgIpc) is 3.41. The molecule has 0 fully saturated rings. The molecule has 190 valence electrons. The van der Waals surface area contributed by atoms with Crippen molar-refractivity contribution < 1.29 is 22.8 Å². The number of rotatable bonds is 7. The van der Waals surface area contributed by atoms with Crippen molar-refractivity contribution >= 4 is 17.1 Å². The molecular formula is C23H23F3N6O4. The van der Waals surface area contributed by atoms with Crippen LogP contribution in [0.4, 0.5) is 13.2 Å². The van der Waals surface area contributed by atoms with Gasteiger partial charge in [-0.05, 0) is 31.0 Å². The molecule has 1 aromatic carbocycles. The largest absolute Gasteiger partial charge is 0.416 e. The fraction of sp³-hybridized carbons (Fsp3) is 0.348. The molecule has 0 atom stereocenters. The zero-order valence-corrected chi connectivity index (χ0v) is 19.7. The standard InChI is InChI=1S/C23H23F3N6O4/c1-4-9-31-21(34)18-20(30(5-2)22(31)35)28-19(32(18)36-14(3)33)16-11-27-29(13-16)12-15-7-6-8-17(10-15)23(24,25)26/h6-8,10-11,13H,4-5,9,12H2,1-3H3. The number of aromatic nitrogens is 6. The van der Waals surface area contributed by atoms with Crippen LogP contribution in [0.15, 0.2) is 46.2 Å². The molecule has 13 heteroatoms. The summed E-state index contributed by atoms with van der Waals surface area (Å²) in [5.41, 5.74) is -1.30. The van der Waals surface area contributed by atoms with Gasteiger partial charge in [-0.2, -0.15) is 18.3 Å². The predicted octanol–water partition coefficient (Wildman–Crippen LogP) is 2.70. The van der Waals surface area contributed by atoms with E-state index < -0.39 is 29.0 Å². The Morgan fingerprint density at radius 3 is 2.53 bits per heavy atom. The lowest BCUT2D eigenvalue weighted by Gasteiger charge is -2.10. The maximum Gasteiger partial charge on any atom is 0.416 e. The highest BCUT2D eigenvalue weighted by Crippen LogP contribution is 2.30. The van der Waals surface area contributed by atoms with Crippen molar-refractivity contribution in [3.63, 3.8) is 0 Å². The number of aryl methyl sites for hydroxylation is 1. The summed E-state index contributed by atoms with van der Waals surface area (Å²) in [5, 5.41) is 4.19. The Hall–Kier alpha value is -4.16. The molecule has 0 saturated heterocycles. The van der Waals surface area contributed by atoms with E-state index in [1.165, 1.54) is 27.7 Å². The number of hydrogen-bond acceptors (Lipinski definition) is 6. The number of hydrogen-bond donors (Lipinski definition) is 0. The Labute approximate surface area is 202 Å². The van der Waals surface area contributed by atoms with Crippen LogP contribution in [0.3, 0.4) is 0 Å². The summed E-state index contributed by atoms with van der Waals surface area (Å²) in [6.45, 7) is 5.11. The highest BCUT2D eigenvalue weighted by molar-refractivity contribution is 5.78. The molecule has 0 unspecified atom stereocenters. The van der Waals surface area contributed by atoms with Crippen LogP contribution in [0.25, 0.3) is 22.6 Å². The molecule has 0 amide bonds. The molecule has 0 aliphatic rings. The smallest absolute Gasteiger partial charge is 0.334 e. The Kier molecular flexibility index (Phi) is 6.57. The summed E-state index contributed by atoms with van der Waals surface area (Å²) >= 11 is 0. The molecule has 0 aliphatic carbocycles. The van der Waals surface area contributed by atoms with Gasteiger partial charge in [0.1, 0.15) is 0 Å². The number of imidazole rings is 1. The van der Waals surface area contributed by atoms with Crippen LogP contribution in [0, 0.1) is 0 Å². The van der Waals surface area contributed by atoms with E-state index in [2.05, 4.69) is 10.1 Å². The predicted molar refractivity (Wildman–Crippen MR) is 123 cm³/mol. The van der Waals surface area contributed by atoms with Crippen LogP contribution in [0.5, 0.6) is 0 Å². The van der Waals surface area contributed by atoms with Gasteiger partial charge >= 0.3 is 17.8 Å². The second kappa shape index (κ2) is 9.47. The summed E-state index contributed by atoms with van der Waals surface area (Å²) in [5.74, 6) is -0.675. The first-order valence-corrected chi connectivity index (χ1v) is 11.2. The number of alkyl halides is 3. The second-order valence-corrected chi connectivity index (χ2v) is 8.09. The Morgan fingerprint density at radius 2 is 1.89 bits per heavy atom. The lowest BCUT2D eigenvalue weighted by Crippen LogP contribution is -2.40. The third-order valence-electron chi connectivity index (χ3n) is 5.46. The quantitative estimate of drug-likeness (QED) is 0.383. The summed E-state index contributed by atoms with van der Waals surface area (Å²) in [6, 6.07) is 4.87. The molecule has 0 bridgehead atoms. The van der Waals surface area contributed by atoms with Crippen LogP contribution in [-0.4, -0.2) is 34.6 Å². The first-order chi connectivity index (χ1) is 17.0. The van der Waals surface area contributed by atoms with Gasteiger partial charge in [0.2, 0.25) is 0 Å². The lowest BCUT2D eigenvalue weighted by molar-refractivity contribution is -0.141. The van der Waals surface area contributed by atoms with Gasteiger partial charge < -0.3 is 4.84 Å². The maximum absolute atomic E-state index is 13.2. The molecule has 4 rings (SSSR count). The van der Waals surface area contributed by atoms with Crippen molar-refractivity contribution in [3.8, 4) is 11.4 Å². The van der Waals surface area contributed by atoms with E-state index in [-0.39, 0.29) is 36.6 Å². The number of benzene rings is 1. The summed E-state index contributed by atoms with van der Waals surface area (Å²) < 4.78 is 43.9. The van der Waals surface area contributed by atoms with Gasteiger partial charge in [0.05, 0.1) is 23.9 Å². The minimum atomic E-state index is -4.47. The lowest BCUT2D eigenvalue weighted by atomic mass is 10.1. The second-order valence-electron chi connectivity index (χ2n) is 8.09. The zero-order valence-electron chi connectivity index (χ0n) is 19.7. The normalized spacial score (nSPS) is 11.8. The Balaban J connectivity index is 1.84. The van der Waals surface area contributed by atoms with E-state index in [1.54, 1.807) is 13.0 Å². The molecule has 36 heavy (non-hydrogen) atoms. The molecule has 0 saturated carbocycles. The zero-order chi connectivity index (χ0) is 26.2. The Bertz CT molecular complexity index is 1560. The fourth-order valence-corrected chi connectivity index (χ4v) is 3.92. The van der Waals surface area contributed by atoms with Crippen molar-refractivity contribution in [2.45, 2.75) is 53.0 Å². The van der Waals surface area contributed by atoms with E-state index in [0.29, 0.717) is 17.5 Å². The van der Waals surface area contributed by atoms with Crippen LogP contribution in [-0.2, 0) is 30.6 Å². The van der Waals surface area contributed by atoms with Gasteiger partial charge in [0.25, 0.3) is 5.56 Å². The van der Waals surface area contributed by atoms with Crippen LogP contribution < -0.4 is 16.1 Å². The molecule has 10 nitrogen and oxygen atoms in total. The number of carbonyl (C=O) groups is 1. The van der Waals surface area contributed by atoms with Gasteiger partial charge in [0, 0.05) is 26.2 Å². The summed E-state index contributed by atoms with van der Waals surface area (Å²) in [7, 11) is 0. The molecule has 4 aromatic rings. The van der Waals surface area contributed by atoms with Crippen LogP contribution in [0.1, 0.15) is 38.3 Å². The molecule has 0 radical (unpaired) electrons. The number of fused-ring (bicyclic) bond motifs is 1. The van der Waals surface area contributed by atoms with E-state index in [9.17, 15) is 27.6 Å². The molecule has 3 aromatic heterocycles. The maximum atomic E-state index is 13.2. The van der Waals surface area contributed by atoms with Gasteiger partial charge in [-0.1, -0.05) is 19.1 Å². The van der Waals surface area contributed by atoms with E-state index >= 15 is 0 Å². The Morgan fingerprint density at radius 1 is 1.14 bits per heavy atom. The molecule has 0 aliphatic heterocycles. The topological polar surface area (TPSA) is 106 Å². The van der Waals surface area contributed by atoms with Crippen molar-refractivity contribution in [1.82, 2.24) is 28.6 Å². The number of carbonyl (C=O) groups excluding carboxylic acids is 1. The van der Waals surface area contributed by atoms with Crippen molar-refractivity contribution in [2.75, 3.05) is 0 Å². The average molecular weight is 504 g/mol. The van der Waals surface area contributed by atoms with Crippen molar-refractivity contribution in [3.05, 3.63) is 68.6 Å². The fourth-order valence-electron chi connectivity index (χ4n) is 3.92. The first-order valence-electron chi connectivity index (χ1n) is 11.2. The van der Waals surface area contributed by atoms with Crippen molar-refractivity contribution in [2.24, 2.45) is 0 Å². The number of halogens is 3. The van der Waals surface area contributed by atoms with Gasteiger partial charge in [-0.25, -0.2) is 14.6 Å². The van der Waals surface area contributed by atoms with Crippen LogP contribution >= 0.6 is 0 Å². The van der Waals surface area contributed by atoms with E-state index in [4.69, 9.17) is 4.84 Å². The van der Waals surface area contributed by atoms with E-state index in [0.717, 1.165) is 28.4 Å². The molecular weight excluding hydrogens is 481 g/mol. The minimum absolute atomic E-state index is 0.0285. The molecule has 0 N–H and O–H groups in total. The highest BCUT2D eigenvalue weighted by Gasteiger charge is 2.30. The molecule has 0 spiro atoms. The molecule has 3 heterocycles. The first kappa shape index (κ1) is 24.9.